The van der Waals surface area contributed by atoms with Crippen LogP contribution < -0.4 is 15.0 Å². The van der Waals surface area contributed by atoms with E-state index in [1.807, 2.05) is 31.2 Å². The number of carbonyl (C=O) groups excluding carboxylic acids is 2. The van der Waals surface area contributed by atoms with Crippen molar-refractivity contribution < 1.29 is 37.3 Å². The van der Waals surface area contributed by atoms with Crippen molar-refractivity contribution in [1.82, 2.24) is 20.1 Å². The molecule has 3 aromatic carbocycles. The highest BCUT2D eigenvalue weighted by atomic mass is 32.2. The molecule has 234 valence electrons. The topological polar surface area (TPSA) is 131 Å². The molecule has 1 amide bonds. The normalized spacial score (nSPS) is 15.7. The van der Waals surface area contributed by atoms with Crippen LogP contribution in [-0.2, 0) is 20.7 Å². The Labute approximate surface area is 259 Å². The molecule has 5 rings (SSSR count). The number of halogens is 3. The number of hydrogen-bond donors (Lipinski definition) is 2. The predicted molar refractivity (Wildman–Crippen MR) is 161 cm³/mol. The summed E-state index contributed by atoms with van der Waals surface area (Å²) in [5.74, 6) is -0.725. The number of alkyl halides is 3. The first-order valence-corrected chi connectivity index (χ1v) is 14.6. The number of nitrogens with zero attached hydrogens (tertiary/aromatic N) is 5. The zero-order chi connectivity index (χ0) is 32.1. The smallest absolute Gasteiger partial charge is 0.468 e. The molecule has 1 aromatic heterocycles. The van der Waals surface area contributed by atoms with Crippen molar-refractivity contribution in [2.45, 2.75) is 32.1 Å². The Morgan fingerprint density at radius 1 is 1.11 bits per heavy atom. The van der Waals surface area contributed by atoms with Crippen molar-refractivity contribution in [2.75, 3.05) is 17.8 Å². The fourth-order valence-electron chi connectivity index (χ4n) is 4.58. The van der Waals surface area contributed by atoms with Gasteiger partial charge in [-0.15, -0.1) is 18.3 Å². The van der Waals surface area contributed by atoms with Gasteiger partial charge in [-0.2, -0.15) is 0 Å². The molecule has 0 saturated carbocycles. The number of methoxy groups -OCH3 is 1. The molecule has 2 heterocycles. The number of hydrogen-bond acceptors (Lipinski definition) is 10. The van der Waals surface area contributed by atoms with Crippen LogP contribution in [0.15, 0.2) is 84.1 Å². The Balaban J connectivity index is 1.31. The van der Waals surface area contributed by atoms with Crippen LogP contribution in [0.3, 0.4) is 0 Å². The average molecular weight is 641 g/mol. The number of carbonyl (C=O) groups is 2. The molecule has 0 aliphatic carbocycles. The van der Waals surface area contributed by atoms with Gasteiger partial charge in [-0.1, -0.05) is 61.2 Å². The predicted octanol–water partition coefficient (Wildman–Crippen LogP) is 4.61. The largest absolute Gasteiger partial charge is 0.573 e. The van der Waals surface area contributed by atoms with E-state index in [0.717, 1.165) is 5.56 Å². The molecule has 15 heteroatoms. The number of amidine groups is 1. The van der Waals surface area contributed by atoms with Gasteiger partial charge in [-0.3, -0.25) is 15.0 Å². The molecule has 1 aliphatic heterocycles. The molecule has 11 nitrogen and oxygen atoms in total. The first kappa shape index (κ1) is 31.7. The summed E-state index contributed by atoms with van der Waals surface area (Å²) in [7, 11) is 1.22. The van der Waals surface area contributed by atoms with E-state index in [1.165, 1.54) is 59.0 Å². The van der Waals surface area contributed by atoms with E-state index in [2.05, 4.69) is 25.1 Å². The number of aryl methyl sites for hydroxylation is 1. The molecule has 1 saturated heterocycles. The second-order valence-corrected chi connectivity index (χ2v) is 10.5. The molecule has 1 fully saturated rings. The summed E-state index contributed by atoms with van der Waals surface area (Å²) < 4.78 is 47.6. The zero-order valence-corrected chi connectivity index (χ0v) is 24.7. The van der Waals surface area contributed by atoms with Crippen molar-refractivity contribution in [3.05, 3.63) is 90.3 Å². The fourth-order valence-corrected chi connectivity index (χ4v) is 5.46. The molecular formula is C30H27F3N6O5S. The van der Waals surface area contributed by atoms with Gasteiger partial charge in [-0.05, 0) is 47.9 Å². The summed E-state index contributed by atoms with van der Waals surface area (Å²) in [5, 5.41) is 18.3. The minimum Gasteiger partial charge on any atom is -0.468 e. The van der Waals surface area contributed by atoms with Crippen molar-refractivity contribution in [2.24, 2.45) is 4.99 Å². The van der Waals surface area contributed by atoms with Crippen LogP contribution in [0.2, 0.25) is 0 Å². The van der Waals surface area contributed by atoms with Crippen LogP contribution >= 0.6 is 11.8 Å². The standard InChI is InChI=1S/C30H27F3N6O5S/c1-3-18-6-4-5-7-23(18)39-24(40)16-45-29(39)36-28(42)35-25(27(41)43-2)19-8-10-20(11-9-19)26-34-17-38(37-26)21-12-14-22(15-13-21)44-30(31,32)33/h4-15,17,25,28,35,42H,3,16H2,1-2H3/b36-29-. The van der Waals surface area contributed by atoms with Crippen molar-refractivity contribution in [1.29, 1.82) is 0 Å². The van der Waals surface area contributed by atoms with Crippen LogP contribution in [0.5, 0.6) is 5.75 Å². The van der Waals surface area contributed by atoms with Crippen molar-refractivity contribution in [3.63, 3.8) is 0 Å². The lowest BCUT2D eigenvalue weighted by Gasteiger charge is -2.22. The molecule has 1 aliphatic rings. The number of rotatable bonds is 10. The number of aromatic nitrogens is 3. The molecule has 0 radical (unpaired) electrons. The Bertz CT molecular complexity index is 1700. The molecule has 2 N–H and O–H groups in total. The summed E-state index contributed by atoms with van der Waals surface area (Å²) in [6, 6.07) is 18.1. The molecule has 2 unspecified atom stereocenters. The number of thioether (sulfide) groups is 1. The lowest BCUT2D eigenvalue weighted by Crippen LogP contribution is -2.38. The molecule has 2 atom stereocenters. The first-order chi connectivity index (χ1) is 21.6. The van der Waals surface area contributed by atoms with E-state index < -0.39 is 24.7 Å². The van der Waals surface area contributed by atoms with E-state index in [1.54, 1.807) is 24.3 Å². The van der Waals surface area contributed by atoms with E-state index in [0.29, 0.717) is 39.9 Å². The molecular weight excluding hydrogens is 613 g/mol. The molecule has 0 spiro atoms. The molecule has 45 heavy (non-hydrogen) atoms. The SMILES string of the molecule is CCc1ccccc1N1C(=O)CS/C1=N\C(O)NC(C(=O)OC)c1ccc(-c2ncn(-c3ccc(OC(F)(F)F)cc3)n2)cc1. The Hall–Kier alpha value is -4.73. The van der Waals surface area contributed by atoms with E-state index in [9.17, 15) is 27.9 Å². The minimum absolute atomic E-state index is 0.160. The van der Waals surface area contributed by atoms with Crippen LogP contribution in [0.25, 0.3) is 17.1 Å². The van der Waals surface area contributed by atoms with Crippen LogP contribution in [0.1, 0.15) is 24.1 Å². The average Bonchev–Trinajstić information content (AvgIpc) is 3.66. The first-order valence-electron chi connectivity index (χ1n) is 13.6. The van der Waals surface area contributed by atoms with Gasteiger partial charge in [0.05, 0.1) is 24.2 Å². The summed E-state index contributed by atoms with van der Waals surface area (Å²) in [5.41, 5.74) is 3.13. The third-order valence-corrected chi connectivity index (χ3v) is 7.63. The summed E-state index contributed by atoms with van der Waals surface area (Å²) in [6.07, 6.45) is -4.24. The number of aliphatic hydroxyl groups is 1. The van der Waals surface area contributed by atoms with Crippen LogP contribution in [0, 0.1) is 0 Å². The monoisotopic (exact) mass is 640 g/mol. The number of ether oxygens (including phenoxy) is 2. The maximum absolute atomic E-state index is 12.7. The highest BCUT2D eigenvalue weighted by Gasteiger charge is 2.33. The van der Waals surface area contributed by atoms with Gasteiger partial charge in [0.1, 0.15) is 18.1 Å². The summed E-state index contributed by atoms with van der Waals surface area (Å²) in [6.45, 7) is 1.98. The summed E-state index contributed by atoms with van der Waals surface area (Å²) in [4.78, 5) is 35.5. The zero-order valence-electron chi connectivity index (χ0n) is 23.9. The fraction of sp³-hybridized carbons (Fsp3) is 0.233. The second kappa shape index (κ2) is 13.5. The third-order valence-electron chi connectivity index (χ3n) is 6.69. The van der Waals surface area contributed by atoms with Crippen LogP contribution in [-0.4, -0.2) is 62.5 Å². The number of para-hydroxylation sites is 1. The number of nitrogens with one attached hydrogen (secondary N) is 1. The lowest BCUT2D eigenvalue weighted by atomic mass is 10.0. The molecule has 4 aromatic rings. The number of benzene rings is 3. The number of anilines is 1. The Kier molecular flexibility index (Phi) is 9.51. The molecule has 0 bridgehead atoms. The van der Waals surface area contributed by atoms with Gasteiger partial charge in [0.15, 0.2) is 11.0 Å². The number of esters is 1. The van der Waals surface area contributed by atoms with Gasteiger partial charge < -0.3 is 14.6 Å². The number of aliphatic imine (C=N–C) groups is 1. The van der Waals surface area contributed by atoms with Crippen molar-refractivity contribution in [3.8, 4) is 22.8 Å². The lowest BCUT2D eigenvalue weighted by molar-refractivity contribution is -0.274. The number of amides is 1. The van der Waals surface area contributed by atoms with E-state index in [4.69, 9.17) is 4.74 Å². The maximum atomic E-state index is 12.7. The van der Waals surface area contributed by atoms with Crippen LogP contribution in [0.4, 0.5) is 18.9 Å². The van der Waals surface area contributed by atoms with Gasteiger partial charge in [0.2, 0.25) is 12.3 Å². The van der Waals surface area contributed by atoms with E-state index >= 15 is 0 Å². The van der Waals surface area contributed by atoms with Gasteiger partial charge in [-0.25, -0.2) is 19.5 Å². The maximum Gasteiger partial charge on any atom is 0.573 e. The van der Waals surface area contributed by atoms with Gasteiger partial charge in [0, 0.05) is 5.56 Å². The van der Waals surface area contributed by atoms with Crippen molar-refractivity contribution >= 4 is 34.5 Å². The number of aliphatic hydroxyl groups excluding tert-OH is 1. The highest BCUT2D eigenvalue weighted by molar-refractivity contribution is 8.15. The quantitative estimate of drug-likeness (QED) is 0.189. The van der Waals surface area contributed by atoms with E-state index in [-0.39, 0.29) is 17.4 Å². The third kappa shape index (κ3) is 7.50. The van der Waals surface area contributed by atoms with Gasteiger partial charge >= 0.3 is 12.3 Å². The Morgan fingerprint density at radius 3 is 2.49 bits per heavy atom. The Morgan fingerprint density at radius 2 is 1.82 bits per heavy atom. The highest BCUT2D eigenvalue weighted by Crippen LogP contribution is 2.30. The summed E-state index contributed by atoms with van der Waals surface area (Å²) >= 11 is 1.18. The van der Waals surface area contributed by atoms with Gasteiger partial charge in [0.25, 0.3) is 0 Å². The second-order valence-electron chi connectivity index (χ2n) is 9.58. The minimum atomic E-state index is -4.79.